The van der Waals surface area contributed by atoms with Crippen LogP contribution in [-0.2, 0) is 9.16 Å². The van der Waals surface area contributed by atoms with Gasteiger partial charge in [-0.3, -0.25) is 0 Å². The molecule has 0 radical (unpaired) electrons. The molecule has 0 fully saturated rings. The first-order chi connectivity index (χ1) is 14.9. The van der Waals surface area contributed by atoms with Crippen molar-refractivity contribution in [2.45, 2.75) is 70.6 Å². The lowest BCUT2D eigenvalue weighted by Crippen LogP contribution is -2.67. The summed E-state index contributed by atoms with van der Waals surface area (Å²) in [5.41, 5.74) is 0. The molecule has 2 aromatic rings. The molecule has 0 saturated heterocycles. The summed E-state index contributed by atoms with van der Waals surface area (Å²) in [7, 11) is -0.866. The Morgan fingerprint density at radius 2 is 1.45 bits per heavy atom. The Labute approximate surface area is 189 Å². The Balaban J connectivity index is 2.51. The van der Waals surface area contributed by atoms with Crippen LogP contribution in [-0.4, -0.2) is 39.3 Å². The van der Waals surface area contributed by atoms with Gasteiger partial charge in [0.05, 0.1) is 6.10 Å². The quantitative estimate of drug-likeness (QED) is 0.438. The van der Waals surface area contributed by atoms with E-state index < -0.39 is 8.32 Å². The molecule has 1 N–H and O–H groups in total. The molecule has 0 aromatic heterocycles. The zero-order valence-electron chi connectivity index (χ0n) is 19.7. The SMILES string of the molecule is CCC[C@@H](C[C@H](CC#CCO)OC)O[Si](c1ccccc1)(c1ccccc1)C(C)(C)C. The fourth-order valence-corrected chi connectivity index (χ4v) is 9.02. The van der Waals surface area contributed by atoms with E-state index in [2.05, 4.69) is 100 Å². The van der Waals surface area contributed by atoms with E-state index >= 15 is 0 Å². The van der Waals surface area contributed by atoms with Crippen molar-refractivity contribution in [2.75, 3.05) is 13.7 Å². The molecule has 4 heteroatoms. The molecule has 0 aliphatic carbocycles. The fourth-order valence-electron chi connectivity index (χ4n) is 4.29. The number of methoxy groups -OCH3 is 1. The summed E-state index contributed by atoms with van der Waals surface area (Å²) < 4.78 is 13.1. The van der Waals surface area contributed by atoms with Gasteiger partial charge in [-0.1, -0.05) is 107 Å². The number of rotatable bonds is 10. The molecule has 0 saturated carbocycles. The third-order valence-corrected chi connectivity index (χ3v) is 10.9. The largest absolute Gasteiger partial charge is 0.404 e. The number of aliphatic hydroxyl groups is 1. The average Bonchev–Trinajstić information content (AvgIpc) is 2.77. The molecular weight excluding hydrogens is 400 g/mol. The molecule has 2 aromatic carbocycles. The van der Waals surface area contributed by atoms with Crippen LogP contribution < -0.4 is 10.4 Å². The van der Waals surface area contributed by atoms with E-state index in [0.29, 0.717) is 6.42 Å². The molecule has 0 unspecified atom stereocenters. The smallest absolute Gasteiger partial charge is 0.261 e. The van der Waals surface area contributed by atoms with E-state index in [4.69, 9.17) is 14.3 Å². The van der Waals surface area contributed by atoms with Crippen LogP contribution in [0.5, 0.6) is 0 Å². The summed E-state index contributed by atoms with van der Waals surface area (Å²) in [5.74, 6) is 5.76. The average molecular weight is 439 g/mol. The van der Waals surface area contributed by atoms with Crippen LogP contribution in [0, 0.1) is 11.8 Å². The third kappa shape index (κ3) is 6.54. The Kier molecular flexibility index (Phi) is 9.99. The van der Waals surface area contributed by atoms with Gasteiger partial charge in [0, 0.05) is 19.6 Å². The molecule has 0 heterocycles. The van der Waals surface area contributed by atoms with Crippen LogP contribution in [0.4, 0.5) is 0 Å². The van der Waals surface area contributed by atoms with Gasteiger partial charge < -0.3 is 14.3 Å². The van der Waals surface area contributed by atoms with Crippen molar-refractivity contribution in [3.63, 3.8) is 0 Å². The van der Waals surface area contributed by atoms with E-state index in [9.17, 15) is 0 Å². The van der Waals surface area contributed by atoms with Gasteiger partial charge in [0.15, 0.2) is 0 Å². The van der Waals surface area contributed by atoms with Gasteiger partial charge in [0.25, 0.3) is 8.32 Å². The molecular formula is C27H38O3Si. The van der Waals surface area contributed by atoms with Gasteiger partial charge in [0.2, 0.25) is 0 Å². The molecule has 0 spiro atoms. The highest BCUT2D eigenvalue weighted by molar-refractivity contribution is 6.99. The second kappa shape index (κ2) is 12.2. The Bertz CT molecular complexity index is 779. The second-order valence-electron chi connectivity index (χ2n) is 9.00. The van der Waals surface area contributed by atoms with Crippen LogP contribution in [0.3, 0.4) is 0 Å². The number of hydrogen-bond donors (Lipinski definition) is 1. The molecule has 2 atom stereocenters. The van der Waals surface area contributed by atoms with Gasteiger partial charge in [-0.05, 0) is 28.3 Å². The number of aliphatic hydroxyl groups excluding tert-OH is 1. The summed E-state index contributed by atoms with van der Waals surface area (Å²) in [6.45, 7) is 9.01. The van der Waals surface area contributed by atoms with Gasteiger partial charge in [-0.2, -0.15) is 0 Å². The molecule has 31 heavy (non-hydrogen) atoms. The lowest BCUT2D eigenvalue weighted by Gasteiger charge is -2.45. The topological polar surface area (TPSA) is 38.7 Å². The van der Waals surface area contributed by atoms with Crippen LogP contribution in [0.15, 0.2) is 60.7 Å². The Morgan fingerprint density at radius 1 is 0.903 bits per heavy atom. The van der Waals surface area contributed by atoms with Crippen LogP contribution in [0.25, 0.3) is 0 Å². The summed E-state index contributed by atoms with van der Waals surface area (Å²) in [6.07, 6.45) is 3.45. The first kappa shape index (κ1) is 25.4. The maximum Gasteiger partial charge on any atom is 0.261 e. The minimum Gasteiger partial charge on any atom is -0.404 e. The van der Waals surface area contributed by atoms with E-state index in [0.717, 1.165) is 19.3 Å². The lowest BCUT2D eigenvalue weighted by molar-refractivity contribution is 0.0508. The Hall–Kier alpha value is -1.90. The normalized spacial score (nSPS) is 13.9. The summed E-state index contributed by atoms with van der Waals surface area (Å²) in [5, 5.41) is 11.5. The second-order valence-corrected chi connectivity index (χ2v) is 13.3. The minimum absolute atomic E-state index is 0.0196. The van der Waals surface area contributed by atoms with Crippen molar-refractivity contribution in [3.05, 3.63) is 60.7 Å². The third-order valence-electron chi connectivity index (χ3n) is 5.76. The van der Waals surface area contributed by atoms with Crippen molar-refractivity contribution in [1.82, 2.24) is 0 Å². The number of benzene rings is 2. The van der Waals surface area contributed by atoms with Gasteiger partial charge in [-0.25, -0.2) is 0 Å². The van der Waals surface area contributed by atoms with Crippen molar-refractivity contribution in [1.29, 1.82) is 0 Å². The van der Waals surface area contributed by atoms with Crippen LogP contribution >= 0.6 is 0 Å². The van der Waals surface area contributed by atoms with E-state index in [1.807, 2.05) is 0 Å². The highest BCUT2D eigenvalue weighted by Crippen LogP contribution is 2.38. The zero-order chi connectivity index (χ0) is 22.7. The molecule has 0 bridgehead atoms. The van der Waals surface area contributed by atoms with Crippen molar-refractivity contribution < 1.29 is 14.3 Å². The fraction of sp³-hybridized carbons (Fsp3) is 0.481. The van der Waals surface area contributed by atoms with Crippen molar-refractivity contribution in [3.8, 4) is 11.8 Å². The highest BCUT2D eigenvalue weighted by atomic mass is 28.4. The maximum absolute atomic E-state index is 8.98. The molecule has 2 rings (SSSR count). The van der Waals surface area contributed by atoms with Gasteiger partial charge in [-0.15, -0.1) is 0 Å². The predicted octanol–water partition coefficient (Wildman–Crippen LogP) is 4.52. The van der Waals surface area contributed by atoms with Crippen molar-refractivity contribution in [2.24, 2.45) is 0 Å². The predicted molar refractivity (Wildman–Crippen MR) is 132 cm³/mol. The first-order valence-electron chi connectivity index (χ1n) is 11.3. The molecule has 0 aliphatic heterocycles. The highest BCUT2D eigenvalue weighted by Gasteiger charge is 2.51. The molecule has 0 amide bonds. The minimum atomic E-state index is -2.60. The van der Waals surface area contributed by atoms with Crippen LogP contribution in [0.2, 0.25) is 5.04 Å². The van der Waals surface area contributed by atoms with E-state index in [1.165, 1.54) is 10.4 Å². The molecule has 3 nitrogen and oxygen atoms in total. The van der Waals surface area contributed by atoms with Gasteiger partial charge >= 0.3 is 0 Å². The molecule has 168 valence electrons. The lowest BCUT2D eigenvalue weighted by atomic mass is 10.1. The Morgan fingerprint density at radius 3 is 1.87 bits per heavy atom. The standard InChI is InChI=1S/C27H38O3Si/c1-6-15-24(22-23(29-5)16-13-14-21-28)30-31(27(2,3)4,25-17-9-7-10-18-25)26-19-11-8-12-20-26/h7-12,17-20,23-24,28H,6,15-16,21-22H2,1-5H3/t23-,24-/m0/s1. The monoisotopic (exact) mass is 438 g/mol. The summed E-state index contributed by atoms with van der Waals surface area (Å²) >= 11 is 0. The first-order valence-corrected chi connectivity index (χ1v) is 13.2. The van der Waals surface area contributed by atoms with Crippen molar-refractivity contribution >= 4 is 18.7 Å². The number of ether oxygens (including phenoxy) is 1. The summed E-state index contributed by atoms with van der Waals surface area (Å²) in [4.78, 5) is 0. The van der Waals surface area contributed by atoms with Gasteiger partial charge in [0.1, 0.15) is 6.61 Å². The molecule has 0 aliphatic rings. The maximum atomic E-state index is 8.98. The van der Waals surface area contributed by atoms with Crippen LogP contribution in [0.1, 0.15) is 53.4 Å². The number of hydrogen-bond acceptors (Lipinski definition) is 3. The zero-order valence-corrected chi connectivity index (χ0v) is 20.7. The summed E-state index contributed by atoms with van der Waals surface area (Å²) in [6, 6.07) is 21.5. The van der Waals surface area contributed by atoms with E-state index in [-0.39, 0.29) is 23.9 Å². The van der Waals surface area contributed by atoms with E-state index in [1.54, 1.807) is 7.11 Å².